The summed E-state index contributed by atoms with van der Waals surface area (Å²) < 4.78 is 55.3. The number of ether oxygens (including phenoxy) is 3. The molecule has 32 heavy (non-hydrogen) atoms. The van der Waals surface area contributed by atoms with Crippen LogP contribution in [0, 0.1) is 0 Å². The first-order chi connectivity index (χ1) is 14.9. The van der Waals surface area contributed by atoms with E-state index in [4.69, 9.17) is 15.2 Å². The highest BCUT2D eigenvalue weighted by Crippen LogP contribution is 2.41. The van der Waals surface area contributed by atoms with Gasteiger partial charge in [-0.3, -0.25) is 4.68 Å². The van der Waals surface area contributed by atoms with E-state index in [1.54, 1.807) is 36.4 Å². The van der Waals surface area contributed by atoms with Crippen molar-refractivity contribution >= 4 is 11.9 Å². The molecule has 1 saturated heterocycles. The summed E-state index contributed by atoms with van der Waals surface area (Å²) in [6.45, 7) is 6.99. The van der Waals surface area contributed by atoms with E-state index in [1.165, 1.54) is 6.20 Å². The van der Waals surface area contributed by atoms with Crippen molar-refractivity contribution in [2.24, 2.45) is 0 Å². The van der Waals surface area contributed by atoms with Crippen LogP contribution in [0.5, 0.6) is 5.75 Å². The van der Waals surface area contributed by atoms with Gasteiger partial charge < -0.3 is 24.8 Å². The number of aromatic nitrogens is 3. The smallest absolute Gasteiger partial charge is 0.444 e. The van der Waals surface area contributed by atoms with E-state index in [9.17, 15) is 18.0 Å². The second-order valence-corrected chi connectivity index (χ2v) is 8.79. The molecule has 2 aromatic heterocycles. The number of nitrogens with zero attached hydrogens (tertiary/aromatic N) is 4. The lowest BCUT2D eigenvalue weighted by Crippen LogP contribution is -2.43. The minimum atomic E-state index is -4.89. The summed E-state index contributed by atoms with van der Waals surface area (Å²) in [5.74, 6) is -0.970. The molecule has 174 valence electrons. The average Bonchev–Trinajstić information content (AvgIpc) is 3.27. The predicted octanol–water partition coefficient (Wildman–Crippen LogP) is 3.29. The highest BCUT2D eigenvalue weighted by molar-refractivity contribution is 5.69. The van der Waals surface area contributed by atoms with Gasteiger partial charge in [-0.2, -0.15) is 5.10 Å². The van der Waals surface area contributed by atoms with Crippen LogP contribution in [0.3, 0.4) is 0 Å². The monoisotopic (exact) mass is 455 g/mol. The van der Waals surface area contributed by atoms with Gasteiger partial charge in [0.15, 0.2) is 11.6 Å². The van der Waals surface area contributed by atoms with Crippen molar-refractivity contribution in [3.63, 3.8) is 0 Å². The molecule has 0 saturated carbocycles. The third-order valence-electron chi connectivity index (χ3n) is 5.21. The fourth-order valence-corrected chi connectivity index (χ4v) is 3.89. The number of alkyl halides is 3. The first kappa shape index (κ1) is 22.2. The van der Waals surface area contributed by atoms with Crippen molar-refractivity contribution in [3.8, 4) is 17.0 Å². The number of halogens is 3. The number of nitrogen functional groups attached to an aromatic ring is 1. The number of pyridine rings is 1. The minimum Gasteiger partial charge on any atom is -0.444 e. The molecule has 0 bridgehead atoms. The first-order valence-corrected chi connectivity index (χ1v) is 10.1. The number of nitrogens with two attached hydrogens (primary N) is 1. The number of hydrogen-bond acceptors (Lipinski definition) is 7. The summed E-state index contributed by atoms with van der Waals surface area (Å²) in [6.07, 6.45) is -3.44. The molecule has 2 aliphatic heterocycles. The van der Waals surface area contributed by atoms with E-state index in [0.717, 1.165) is 11.8 Å². The summed E-state index contributed by atoms with van der Waals surface area (Å²) >= 11 is 0. The molecular formula is C20H24F3N5O4. The maximum Gasteiger partial charge on any atom is 0.573 e. The van der Waals surface area contributed by atoms with E-state index in [-0.39, 0.29) is 12.4 Å². The maximum atomic E-state index is 12.7. The Morgan fingerprint density at radius 2 is 2.00 bits per heavy atom. The van der Waals surface area contributed by atoms with Gasteiger partial charge in [-0.05, 0) is 32.9 Å². The molecule has 0 unspecified atom stereocenters. The van der Waals surface area contributed by atoms with Crippen LogP contribution >= 0.6 is 0 Å². The molecule has 1 fully saturated rings. The average molecular weight is 455 g/mol. The van der Waals surface area contributed by atoms with E-state index < -0.39 is 29.4 Å². The fraction of sp³-hybridized carbons (Fsp3) is 0.550. The van der Waals surface area contributed by atoms with Gasteiger partial charge in [0.2, 0.25) is 0 Å². The lowest BCUT2D eigenvalue weighted by atomic mass is 9.96. The highest BCUT2D eigenvalue weighted by Gasteiger charge is 2.47. The van der Waals surface area contributed by atoms with Crippen LogP contribution in [0.25, 0.3) is 11.3 Å². The molecule has 2 aromatic rings. The van der Waals surface area contributed by atoms with Crippen LogP contribution < -0.4 is 10.5 Å². The Morgan fingerprint density at radius 1 is 1.25 bits per heavy atom. The van der Waals surface area contributed by atoms with Crippen LogP contribution in [0.4, 0.5) is 23.8 Å². The molecule has 1 spiro atoms. The lowest BCUT2D eigenvalue weighted by Gasteiger charge is -2.34. The number of anilines is 1. The zero-order valence-electron chi connectivity index (χ0n) is 17.9. The minimum absolute atomic E-state index is 0.287. The Kier molecular flexibility index (Phi) is 5.23. The number of rotatable bonds is 2. The van der Waals surface area contributed by atoms with E-state index in [0.29, 0.717) is 37.4 Å². The Bertz CT molecular complexity index is 1030. The van der Waals surface area contributed by atoms with E-state index >= 15 is 0 Å². The van der Waals surface area contributed by atoms with Crippen LogP contribution in [0.2, 0.25) is 0 Å². The normalized spacial score (nSPS) is 21.0. The molecule has 2 N–H and O–H groups in total. The first-order valence-electron chi connectivity index (χ1n) is 10.1. The summed E-state index contributed by atoms with van der Waals surface area (Å²) in [5.41, 5.74) is 5.59. The Labute approximate surface area is 182 Å². The van der Waals surface area contributed by atoms with Gasteiger partial charge in [0.25, 0.3) is 0 Å². The van der Waals surface area contributed by atoms with Crippen LogP contribution in [-0.4, -0.2) is 57.4 Å². The van der Waals surface area contributed by atoms with E-state index in [2.05, 4.69) is 14.8 Å². The van der Waals surface area contributed by atoms with Gasteiger partial charge in [-0.25, -0.2) is 9.78 Å². The summed E-state index contributed by atoms with van der Waals surface area (Å²) in [6, 6.07) is 2.89. The van der Waals surface area contributed by atoms with Gasteiger partial charge in [0, 0.05) is 24.7 Å². The van der Waals surface area contributed by atoms with Gasteiger partial charge in [-0.15, -0.1) is 13.2 Å². The fourth-order valence-electron chi connectivity index (χ4n) is 3.89. The standard InChI is InChI=1S/C20H24F3N5O4/c1-18(2,3)32-17(29)27-5-4-19(11-27)15-9-13(26-28(15)6-7-30-19)12-8-14(16(24)25-10-12)31-20(21,22)23/h8-10H,4-7,11H2,1-3H3,(H2,24,25)/t19-/m1/s1. The molecule has 4 rings (SSSR count). The molecular weight excluding hydrogens is 431 g/mol. The topological polar surface area (TPSA) is 105 Å². The van der Waals surface area contributed by atoms with Crippen molar-refractivity contribution in [2.75, 3.05) is 25.4 Å². The van der Waals surface area contributed by atoms with Gasteiger partial charge in [-0.1, -0.05) is 0 Å². The van der Waals surface area contributed by atoms with Crippen LogP contribution in [0.1, 0.15) is 32.9 Å². The zero-order valence-corrected chi connectivity index (χ0v) is 17.9. The van der Waals surface area contributed by atoms with Crippen LogP contribution in [0.15, 0.2) is 18.3 Å². The number of carbonyl (C=O) groups is 1. The van der Waals surface area contributed by atoms with Gasteiger partial charge >= 0.3 is 12.5 Å². The lowest BCUT2D eigenvalue weighted by molar-refractivity contribution is -0.274. The van der Waals surface area contributed by atoms with Crippen molar-refractivity contribution in [1.29, 1.82) is 0 Å². The summed E-state index contributed by atoms with van der Waals surface area (Å²) in [4.78, 5) is 17.9. The highest BCUT2D eigenvalue weighted by atomic mass is 19.4. The van der Waals surface area contributed by atoms with Crippen molar-refractivity contribution in [1.82, 2.24) is 19.7 Å². The molecule has 4 heterocycles. The zero-order chi connectivity index (χ0) is 23.3. The number of carbonyl (C=O) groups excluding carboxylic acids is 1. The number of fused-ring (bicyclic) bond motifs is 2. The molecule has 0 aliphatic carbocycles. The second kappa shape index (κ2) is 7.54. The SMILES string of the molecule is CC(C)(C)OC(=O)N1CC[C@]2(C1)OCCn1nc(-c3cnc(N)c(OC(F)(F)F)c3)cc12. The van der Waals surface area contributed by atoms with Gasteiger partial charge in [0.1, 0.15) is 11.2 Å². The number of amides is 1. The number of likely N-dealkylation sites (tertiary alicyclic amines) is 1. The van der Waals surface area contributed by atoms with Crippen molar-refractivity contribution < 1.29 is 32.2 Å². The van der Waals surface area contributed by atoms with Gasteiger partial charge in [0.05, 0.1) is 31.1 Å². The molecule has 0 aromatic carbocycles. The van der Waals surface area contributed by atoms with Crippen LogP contribution in [-0.2, 0) is 21.6 Å². The third kappa shape index (κ3) is 4.45. The number of hydrogen-bond donors (Lipinski definition) is 1. The summed E-state index contributed by atoms with van der Waals surface area (Å²) in [7, 11) is 0. The molecule has 1 atom stereocenters. The third-order valence-corrected chi connectivity index (χ3v) is 5.21. The van der Waals surface area contributed by atoms with Crippen molar-refractivity contribution in [2.45, 2.75) is 51.3 Å². The summed E-state index contributed by atoms with van der Waals surface area (Å²) in [5, 5.41) is 4.52. The second-order valence-electron chi connectivity index (χ2n) is 8.79. The quantitative estimate of drug-likeness (QED) is 0.741. The Hall–Kier alpha value is -3.02. The largest absolute Gasteiger partial charge is 0.573 e. The molecule has 1 amide bonds. The predicted molar refractivity (Wildman–Crippen MR) is 107 cm³/mol. The molecule has 9 nitrogen and oxygen atoms in total. The Morgan fingerprint density at radius 3 is 2.69 bits per heavy atom. The molecule has 0 radical (unpaired) electrons. The molecule has 12 heteroatoms. The molecule has 2 aliphatic rings. The maximum absolute atomic E-state index is 12.7. The van der Waals surface area contributed by atoms with Crippen molar-refractivity contribution in [3.05, 3.63) is 24.0 Å². The van der Waals surface area contributed by atoms with E-state index in [1.807, 2.05) is 0 Å². The Balaban J connectivity index is 1.61.